The predicted octanol–water partition coefficient (Wildman–Crippen LogP) is 2.96. The molecule has 6 heteroatoms. The Morgan fingerprint density at radius 3 is 2.80 bits per heavy atom. The van der Waals surface area contributed by atoms with E-state index < -0.39 is 5.60 Å². The topological polar surface area (TPSA) is 63.2 Å². The van der Waals surface area contributed by atoms with Crippen LogP contribution in [-0.4, -0.2) is 30.1 Å². The van der Waals surface area contributed by atoms with Crippen LogP contribution in [0.4, 0.5) is 5.13 Å². The van der Waals surface area contributed by atoms with Crippen molar-refractivity contribution in [3.8, 4) is 0 Å². The monoisotopic (exact) mass is 299 g/mol. The molecule has 1 amide bonds. The Morgan fingerprint density at radius 1 is 1.55 bits per heavy atom. The maximum absolute atomic E-state index is 12.2. The van der Waals surface area contributed by atoms with E-state index in [4.69, 9.17) is 4.74 Å². The van der Waals surface area contributed by atoms with Gasteiger partial charge in [-0.3, -0.25) is 10.1 Å². The Balaban J connectivity index is 2.66. The SMILES string of the molecule is CCCNC(C)c1csc(NC(=O)C(C)(CC)OC)n1. The molecule has 0 aliphatic carbocycles. The summed E-state index contributed by atoms with van der Waals surface area (Å²) in [4.78, 5) is 16.6. The summed E-state index contributed by atoms with van der Waals surface area (Å²) in [6.45, 7) is 8.86. The van der Waals surface area contributed by atoms with Crippen LogP contribution in [0.5, 0.6) is 0 Å². The van der Waals surface area contributed by atoms with E-state index in [0.717, 1.165) is 18.7 Å². The van der Waals surface area contributed by atoms with Crippen molar-refractivity contribution in [3.63, 3.8) is 0 Å². The van der Waals surface area contributed by atoms with Crippen LogP contribution in [0.15, 0.2) is 5.38 Å². The average Bonchev–Trinajstić information content (AvgIpc) is 2.92. The number of ether oxygens (including phenoxy) is 1. The van der Waals surface area contributed by atoms with Gasteiger partial charge in [0.05, 0.1) is 5.69 Å². The lowest BCUT2D eigenvalue weighted by molar-refractivity contribution is -0.136. The van der Waals surface area contributed by atoms with Crippen molar-refractivity contribution in [2.45, 2.75) is 52.2 Å². The number of aromatic nitrogens is 1. The molecule has 2 N–H and O–H groups in total. The van der Waals surface area contributed by atoms with E-state index in [1.165, 1.54) is 11.3 Å². The van der Waals surface area contributed by atoms with E-state index >= 15 is 0 Å². The minimum atomic E-state index is -0.808. The van der Waals surface area contributed by atoms with Crippen LogP contribution >= 0.6 is 11.3 Å². The van der Waals surface area contributed by atoms with Crippen LogP contribution in [0.2, 0.25) is 0 Å². The molecule has 1 aromatic heterocycles. The molecule has 0 saturated carbocycles. The minimum Gasteiger partial charge on any atom is -0.369 e. The van der Waals surface area contributed by atoms with Gasteiger partial charge in [0.15, 0.2) is 5.13 Å². The summed E-state index contributed by atoms with van der Waals surface area (Å²) >= 11 is 1.44. The summed E-state index contributed by atoms with van der Waals surface area (Å²) < 4.78 is 5.28. The van der Waals surface area contributed by atoms with Crippen LogP contribution in [0, 0.1) is 0 Å². The number of hydrogen-bond acceptors (Lipinski definition) is 5. The highest BCUT2D eigenvalue weighted by molar-refractivity contribution is 7.13. The summed E-state index contributed by atoms with van der Waals surface area (Å²) in [5.41, 5.74) is 0.145. The largest absolute Gasteiger partial charge is 0.369 e. The second kappa shape index (κ2) is 7.71. The lowest BCUT2D eigenvalue weighted by atomic mass is 10.0. The Morgan fingerprint density at radius 2 is 2.25 bits per heavy atom. The highest BCUT2D eigenvalue weighted by atomic mass is 32.1. The Bertz CT molecular complexity index is 430. The highest BCUT2D eigenvalue weighted by Crippen LogP contribution is 2.23. The van der Waals surface area contributed by atoms with E-state index in [1.54, 1.807) is 14.0 Å². The number of anilines is 1. The molecule has 0 bridgehead atoms. The van der Waals surface area contributed by atoms with Crippen LogP contribution in [0.1, 0.15) is 52.3 Å². The van der Waals surface area contributed by atoms with Crippen molar-refractivity contribution in [3.05, 3.63) is 11.1 Å². The normalized spacial score (nSPS) is 15.7. The highest BCUT2D eigenvalue weighted by Gasteiger charge is 2.31. The molecule has 0 spiro atoms. The fraction of sp³-hybridized carbons (Fsp3) is 0.714. The third kappa shape index (κ3) is 4.26. The molecular formula is C14H25N3O2S. The average molecular weight is 299 g/mol. The van der Waals surface area contributed by atoms with E-state index in [1.807, 2.05) is 12.3 Å². The van der Waals surface area contributed by atoms with Gasteiger partial charge in [0.1, 0.15) is 5.60 Å². The molecule has 2 atom stereocenters. The molecule has 20 heavy (non-hydrogen) atoms. The summed E-state index contributed by atoms with van der Waals surface area (Å²) in [6.07, 6.45) is 1.70. The fourth-order valence-electron chi connectivity index (χ4n) is 1.63. The molecule has 1 heterocycles. The molecule has 0 fully saturated rings. The van der Waals surface area contributed by atoms with Gasteiger partial charge in [-0.15, -0.1) is 11.3 Å². The predicted molar refractivity (Wildman–Crippen MR) is 83.2 cm³/mol. The van der Waals surface area contributed by atoms with E-state index in [-0.39, 0.29) is 11.9 Å². The minimum absolute atomic E-state index is 0.155. The zero-order chi connectivity index (χ0) is 15.2. The van der Waals surface area contributed by atoms with Gasteiger partial charge in [0.25, 0.3) is 5.91 Å². The molecule has 0 aromatic carbocycles. The van der Waals surface area contributed by atoms with E-state index in [9.17, 15) is 4.79 Å². The quantitative estimate of drug-likeness (QED) is 0.774. The second-order valence-electron chi connectivity index (χ2n) is 5.00. The van der Waals surface area contributed by atoms with Crippen molar-refractivity contribution in [1.29, 1.82) is 0 Å². The van der Waals surface area contributed by atoms with Crippen LogP contribution in [0.3, 0.4) is 0 Å². The van der Waals surface area contributed by atoms with Crippen molar-refractivity contribution in [1.82, 2.24) is 10.3 Å². The van der Waals surface area contributed by atoms with Gasteiger partial charge in [-0.05, 0) is 33.2 Å². The van der Waals surface area contributed by atoms with Crippen LogP contribution in [-0.2, 0) is 9.53 Å². The van der Waals surface area contributed by atoms with Crippen molar-refractivity contribution < 1.29 is 9.53 Å². The van der Waals surface area contributed by atoms with Gasteiger partial charge >= 0.3 is 0 Å². The molecule has 1 rings (SSSR count). The summed E-state index contributed by atoms with van der Waals surface area (Å²) in [5, 5.41) is 8.79. The van der Waals surface area contributed by atoms with Gasteiger partial charge in [-0.25, -0.2) is 4.98 Å². The molecule has 1 aromatic rings. The lowest BCUT2D eigenvalue weighted by Gasteiger charge is -2.24. The summed E-state index contributed by atoms with van der Waals surface area (Å²) in [5.74, 6) is -0.155. The van der Waals surface area contributed by atoms with Crippen LogP contribution in [0.25, 0.3) is 0 Å². The number of amides is 1. The number of thiazole rings is 1. The zero-order valence-electron chi connectivity index (χ0n) is 12.9. The zero-order valence-corrected chi connectivity index (χ0v) is 13.8. The first-order valence-corrected chi connectivity index (χ1v) is 7.90. The Kier molecular flexibility index (Phi) is 6.58. The molecule has 0 radical (unpaired) electrons. The fourth-order valence-corrected chi connectivity index (χ4v) is 2.43. The number of methoxy groups -OCH3 is 1. The first-order chi connectivity index (χ1) is 9.46. The number of carbonyl (C=O) groups excluding carboxylic acids is 1. The van der Waals surface area contributed by atoms with Crippen molar-refractivity contribution in [2.24, 2.45) is 0 Å². The number of nitrogens with zero attached hydrogens (tertiary/aromatic N) is 1. The number of carbonyl (C=O) groups is 1. The Hall–Kier alpha value is -0.980. The van der Waals surface area contributed by atoms with Gasteiger partial charge in [0, 0.05) is 18.5 Å². The molecule has 2 unspecified atom stereocenters. The number of nitrogens with one attached hydrogen (secondary N) is 2. The smallest absolute Gasteiger partial charge is 0.258 e. The van der Waals surface area contributed by atoms with Crippen molar-refractivity contribution >= 4 is 22.4 Å². The van der Waals surface area contributed by atoms with Gasteiger partial charge in [-0.2, -0.15) is 0 Å². The summed E-state index contributed by atoms with van der Waals surface area (Å²) in [7, 11) is 1.55. The third-order valence-corrected chi connectivity index (χ3v) is 4.27. The standard InChI is InChI=1S/C14H25N3O2S/c1-6-8-15-10(3)11-9-20-13(16-11)17-12(18)14(4,7-2)19-5/h9-10,15H,6-8H2,1-5H3,(H,16,17,18). The molecule has 0 aliphatic rings. The third-order valence-electron chi connectivity index (χ3n) is 3.49. The van der Waals surface area contributed by atoms with Gasteiger partial charge in [0.2, 0.25) is 0 Å². The van der Waals surface area contributed by atoms with Gasteiger partial charge in [-0.1, -0.05) is 13.8 Å². The maximum Gasteiger partial charge on any atom is 0.258 e. The number of hydrogen-bond donors (Lipinski definition) is 2. The number of rotatable bonds is 8. The lowest BCUT2D eigenvalue weighted by Crippen LogP contribution is -2.41. The van der Waals surface area contributed by atoms with E-state index in [0.29, 0.717) is 11.6 Å². The molecule has 0 aliphatic heterocycles. The van der Waals surface area contributed by atoms with Gasteiger partial charge < -0.3 is 10.1 Å². The summed E-state index contributed by atoms with van der Waals surface area (Å²) in [6, 6.07) is 0.192. The molecule has 114 valence electrons. The van der Waals surface area contributed by atoms with Crippen LogP contribution < -0.4 is 10.6 Å². The maximum atomic E-state index is 12.2. The molecule has 0 saturated heterocycles. The van der Waals surface area contributed by atoms with Crippen molar-refractivity contribution in [2.75, 3.05) is 19.0 Å². The van der Waals surface area contributed by atoms with E-state index in [2.05, 4.69) is 29.5 Å². The first-order valence-electron chi connectivity index (χ1n) is 7.02. The second-order valence-corrected chi connectivity index (χ2v) is 5.85. The Labute approximate surface area is 125 Å². The molecule has 5 nitrogen and oxygen atoms in total. The molecular weight excluding hydrogens is 274 g/mol. The first kappa shape index (κ1) is 17.1.